The molecular formula is C17H28N2O2. The lowest BCUT2D eigenvalue weighted by molar-refractivity contribution is -0.137. The maximum absolute atomic E-state index is 12.5. The van der Waals surface area contributed by atoms with Gasteiger partial charge in [-0.3, -0.25) is 9.69 Å². The number of piperazine rings is 1. The van der Waals surface area contributed by atoms with Crippen molar-refractivity contribution in [2.24, 2.45) is 5.92 Å². The summed E-state index contributed by atoms with van der Waals surface area (Å²) < 4.78 is 5.39. The van der Waals surface area contributed by atoms with Crippen LogP contribution in [-0.4, -0.2) is 41.9 Å². The first-order valence-corrected chi connectivity index (χ1v) is 8.28. The van der Waals surface area contributed by atoms with Crippen LogP contribution in [0.3, 0.4) is 0 Å². The van der Waals surface area contributed by atoms with Gasteiger partial charge < -0.3 is 9.32 Å². The third-order valence-corrected chi connectivity index (χ3v) is 4.39. The van der Waals surface area contributed by atoms with Crippen molar-refractivity contribution in [1.82, 2.24) is 9.80 Å². The highest BCUT2D eigenvalue weighted by atomic mass is 16.3. The fourth-order valence-electron chi connectivity index (χ4n) is 2.96. The molecule has 0 N–H and O–H groups in total. The third-order valence-electron chi connectivity index (χ3n) is 4.39. The molecule has 2 heterocycles. The van der Waals surface area contributed by atoms with E-state index >= 15 is 0 Å². The molecule has 21 heavy (non-hydrogen) atoms. The van der Waals surface area contributed by atoms with Gasteiger partial charge in [-0.25, -0.2) is 0 Å². The highest BCUT2D eigenvalue weighted by Crippen LogP contribution is 2.18. The summed E-state index contributed by atoms with van der Waals surface area (Å²) in [4.78, 5) is 17.0. The molecule has 0 aromatic carbocycles. The second-order valence-electron chi connectivity index (χ2n) is 5.93. The Hall–Kier alpha value is -1.29. The molecule has 2 rings (SSSR count). The normalized spacial score (nSPS) is 17.9. The fraction of sp³-hybridized carbons (Fsp3) is 0.706. The summed E-state index contributed by atoms with van der Waals surface area (Å²) >= 11 is 0. The average Bonchev–Trinajstić information content (AvgIpc) is 3.01. The Balaban J connectivity index is 1.78. The maximum atomic E-state index is 12.5. The molecule has 1 fully saturated rings. The van der Waals surface area contributed by atoms with E-state index in [9.17, 15) is 4.79 Å². The van der Waals surface area contributed by atoms with Crippen molar-refractivity contribution in [3.8, 4) is 0 Å². The number of furan rings is 1. The molecule has 4 heteroatoms. The summed E-state index contributed by atoms with van der Waals surface area (Å²) in [6.45, 7) is 8.75. The molecule has 1 saturated heterocycles. The van der Waals surface area contributed by atoms with Gasteiger partial charge in [0.25, 0.3) is 0 Å². The van der Waals surface area contributed by atoms with E-state index < -0.39 is 0 Å². The van der Waals surface area contributed by atoms with Crippen LogP contribution in [0.4, 0.5) is 0 Å². The lowest BCUT2D eigenvalue weighted by Crippen LogP contribution is -2.49. The quantitative estimate of drug-likeness (QED) is 0.774. The van der Waals surface area contributed by atoms with Crippen LogP contribution < -0.4 is 0 Å². The summed E-state index contributed by atoms with van der Waals surface area (Å²) in [5, 5.41) is 0. The number of nitrogens with zero attached hydrogens (tertiary/aromatic N) is 2. The SMILES string of the molecule is CCCCC(CC)C(=O)N1CCN(Cc2ccco2)CC1. The van der Waals surface area contributed by atoms with E-state index in [4.69, 9.17) is 4.42 Å². The minimum absolute atomic E-state index is 0.224. The molecule has 1 aromatic rings. The van der Waals surface area contributed by atoms with Crippen molar-refractivity contribution < 1.29 is 9.21 Å². The van der Waals surface area contributed by atoms with Crippen LogP contribution in [0.1, 0.15) is 45.3 Å². The Labute approximate surface area is 128 Å². The molecule has 118 valence electrons. The number of unbranched alkanes of at least 4 members (excludes halogenated alkanes) is 1. The van der Waals surface area contributed by atoms with Crippen molar-refractivity contribution in [1.29, 1.82) is 0 Å². The Kier molecular flexibility index (Phi) is 6.30. The van der Waals surface area contributed by atoms with Crippen LogP contribution in [-0.2, 0) is 11.3 Å². The number of rotatable bonds is 7. The van der Waals surface area contributed by atoms with Gasteiger partial charge in [-0.2, -0.15) is 0 Å². The van der Waals surface area contributed by atoms with E-state index in [1.807, 2.05) is 12.1 Å². The van der Waals surface area contributed by atoms with Gasteiger partial charge in [0.05, 0.1) is 12.8 Å². The number of hydrogen-bond donors (Lipinski definition) is 0. The summed E-state index contributed by atoms with van der Waals surface area (Å²) in [6.07, 6.45) is 6.04. The Bertz CT molecular complexity index is 408. The predicted molar refractivity (Wildman–Crippen MR) is 83.9 cm³/mol. The zero-order valence-corrected chi connectivity index (χ0v) is 13.4. The van der Waals surface area contributed by atoms with E-state index in [1.165, 1.54) is 6.42 Å². The second-order valence-corrected chi connectivity index (χ2v) is 5.93. The lowest BCUT2D eigenvalue weighted by atomic mass is 9.97. The molecule has 0 bridgehead atoms. The summed E-state index contributed by atoms with van der Waals surface area (Å²) in [5.74, 6) is 1.59. The number of carbonyl (C=O) groups is 1. The van der Waals surface area contributed by atoms with E-state index in [0.717, 1.165) is 57.7 Å². The molecule has 0 saturated carbocycles. The topological polar surface area (TPSA) is 36.7 Å². The maximum Gasteiger partial charge on any atom is 0.225 e. The highest BCUT2D eigenvalue weighted by molar-refractivity contribution is 5.78. The van der Waals surface area contributed by atoms with E-state index in [1.54, 1.807) is 6.26 Å². The fourth-order valence-corrected chi connectivity index (χ4v) is 2.96. The molecule has 0 radical (unpaired) electrons. The lowest BCUT2D eigenvalue weighted by Gasteiger charge is -2.36. The van der Waals surface area contributed by atoms with Gasteiger partial charge in [0.1, 0.15) is 5.76 Å². The van der Waals surface area contributed by atoms with E-state index in [-0.39, 0.29) is 5.92 Å². The molecule has 1 unspecified atom stereocenters. The number of hydrogen-bond acceptors (Lipinski definition) is 3. The van der Waals surface area contributed by atoms with Crippen LogP contribution in [0.5, 0.6) is 0 Å². The highest BCUT2D eigenvalue weighted by Gasteiger charge is 2.26. The van der Waals surface area contributed by atoms with Gasteiger partial charge in [-0.15, -0.1) is 0 Å². The minimum atomic E-state index is 0.224. The molecule has 1 amide bonds. The van der Waals surface area contributed by atoms with Crippen LogP contribution in [0.2, 0.25) is 0 Å². The van der Waals surface area contributed by atoms with Crippen LogP contribution in [0, 0.1) is 5.92 Å². The minimum Gasteiger partial charge on any atom is -0.468 e. The van der Waals surface area contributed by atoms with Gasteiger partial charge in [0.15, 0.2) is 0 Å². The molecular weight excluding hydrogens is 264 g/mol. The first-order chi connectivity index (χ1) is 10.2. The van der Waals surface area contributed by atoms with Gasteiger partial charge in [0, 0.05) is 32.1 Å². The van der Waals surface area contributed by atoms with Crippen molar-refractivity contribution in [2.45, 2.75) is 46.1 Å². The van der Waals surface area contributed by atoms with Gasteiger partial charge in [-0.1, -0.05) is 26.7 Å². The van der Waals surface area contributed by atoms with Crippen molar-refractivity contribution in [2.75, 3.05) is 26.2 Å². The molecule has 0 spiro atoms. The van der Waals surface area contributed by atoms with Crippen molar-refractivity contribution in [3.63, 3.8) is 0 Å². The van der Waals surface area contributed by atoms with Crippen LogP contribution in [0.25, 0.3) is 0 Å². The summed E-state index contributed by atoms with van der Waals surface area (Å²) in [7, 11) is 0. The number of amides is 1. The second kappa shape index (κ2) is 8.23. The van der Waals surface area contributed by atoms with Crippen LogP contribution >= 0.6 is 0 Å². The van der Waals surface area contributed by atoms with E-state index in [2.05, 4.69) is 23.6 Å². The average molecular weight is 292 g/mol. The molecule has 1 aliphatic heterocycles. The monoisotopic (exact) mass is 292 g/mol. The third kappa shape index (κ3) is 4.60. The van der Waals surface area contributed by atoms with Crippen molar-refractivity contribution in [3.05, 3.63) is 24.2 Å². The summed E-state index contributed by atoms with van der Waals surface area (Å²) in [6, 6.07) is 3.93. The van der Waals surface area contributed by atoms with Gasteiger partial charge in [0.2, 0.25) is 5.91 Å². The first kappa shape index (κ1) is 16.1. The number of carbonyl (C=O) groups excluding carboxylic acids is 1. The molecule has 0 aliphatic carbocycles. The molecule has 1 aliphatic rings. The largest absolute Gasteiger partial charge is 0.468 e. The Morgan fingerprint density at radius 1 is 1.29 bits per heavy atom. The Morgan fingerprint density at radius 3 is 2.62 bits per heavy atom. The van der Waals surface area contributed by atoms with Gasteiger partial charge >= 0.3 is 0 Å². The first-order valence-electron chi connectivity index (χ1n) is 8.28. The molecule has 1 aromatic heterocycles. The molecule has 4 nitrogen and oxygen atoms in total. The Morgan fingerprint density at radius 2 is 2.05 bits per heavy atom. The van der Waals surface area contributed by atoms with Crippen LogP contribution in [0.15, 0.2) is 22.8 Å². The van der Waals surface area contributed by atoms with Gasteiger partial charge in [-0.05, 0) is 25.0 Å². The van der Waals surface area contributed by atoms with E-state index in [0.29, 0.717) is 5.91 Å². The van der Waals surface area contributed by atoms with Crippen molar-refractivity contribution >= 4 is 5.91 Å². The standard InChI is InChI=1S/C17H28N2O2/c1-3-5-7-15(4-2)17(20)19-11-9-18(10-12-19)14-16-8-6-13-21-16/h6,8,13,15H,3-5,7,9-12,14H2,1-2H3. The smallest absolute Gasteiger partial charge is 0.225 e. The summed E-state index contributed by atoms with van der Waals surface area (Å²) in [5.41, 5.74) is 0. The predicted octanol–water partition coefficient (Wildman–Crippen LogP) is 3.14. The molecule has 1 atom stereocenters. The zero-order valence-electron chi connectivity index (χ0n) is 13.4. The zero-order chi connectivity index (χ0) is 15.1.